The van der Waals surface area contributed by atoms with Gasteiger partial charge in [-0.1, -0.05) is 35.3 Å². The van der Waals surface area contributed by atoms with Crippen LogP contribution in [0.5, 0.6) is 0 Å². The first-order chi connectivity index (χ1) is 18.7. The van der Waals surface area contributed by atoms with Crippen molar-refractivity contribution in [1.82, 2.24) is 14.6 Å². The number of nitrogens with zero attached hydrogens (tertiary/aromatic N) is 3. The van der Waals surface area contributed by atoms with Crippen LogP contribution in [0.4, 0.5) is 5.69 Å². The third-order valence-electron chi connectivity index (χ3n) is 8.53. The van der Waals surface area contributed by atoms with Gasteiger partial charge >= 0.3 is 0 Å². The van der Waals surface area contributed by atoms with Gasteiger partial charge in [0.15, 0.2) is 0 Å². The highest BCUT2D eigenvalue weighted by Crippen LogP contribution is 2.42. The number of aryl methyl sites for hydroxylation is 1. The van der Waals surface area contributed by atoms with Crippen LogP contribution in [0.1, 0.15) is 53.2 Å². The number of piperidine rings is 1. The van der Waals surface area contributed by atoms with E-state index in [1.807, 2.05) is 35.5 Å². The number of likely N-dealkylation sites (tertiary alicyclic amines) is 1. The minimum atomic E-state index is -3.96. The van der Waals surface area contributed by atoms with Gasteiger partial charge in [-0.3, -0.25) is 9.78 Å². The second-order valence-electron chi connectivity index (χ2n) is 10.8. The number of amides is 1. The number of carbonyl (C=O) groups is 1. The number of sulfonamides is 1. The summed E-state index contributed by atoms with van der Waals surface area (Å²) in [6, 6.07) is 14.0. The predicted octanol–water partition coefficient (Wildman–Crippen LogP) is 5.49. The molecule has 1 atom stereocenters. The van der Waals surface area contributed by atoms with E-state index in [0.29, 0.717) is 12.0 Å². The first-order valence-corrected chi connectivity index (χ1v) is 15.5. The average molecular weight is 586 g/mol. The minimum absolute atomic E-state index is 0.000655. The lowest BCUT2D eigenvalue weighted by molar-refractivity contribution is 0.0610. The van der Waals surface area contributed by atoms with Gasteiger partial charge in [-0.2, -0.15) is 0 Å². The maximum Gasteiger partial charge on any atom is 0.253 e. The van der Waals surface area contributed by atoms with Gasteiger partial charge < -0.3 is 9.80 Å². The fourth-order valence-electron chi connectivity index (χ4n) is 6.33. The van der Waals surface area contributed by atoms with Crippen LogP contribution in [-0.4, -0.2) is 50.4 Å². The Labute approximate surface area is 239 Å². The van der Waals surface area contributed by atoms with Gasteiger partial charge in [-0.15, -0.1) is 0 Å². The molecule has 1 aromatic heterocycles. The zero-order valence-electron chi connectivity index (χ0n) is 21.4. The summed E-state index contributed by atoms with van der Waals surface area (Å²) < 4.78 is 29.1. The number of pyridine rings is 1. The number of aromatic nitrogens is 1. The highest BCUT2D eigenvalue weighted by Gasteiger charge is 2.41. The second-order valence-corrected chi connectivity index (χ2v) is 13.3. The van der Waals surface area contributed by atoms with Crippen LogP contribution in [0.15, 0.2) is 65.8 Å². The van der Waals surface area contributed by atoms with E-state index in [9.17, 15) is 13.2 Å². The Kier molecular flexibility index (Phi) is 7.08. The molecule has 204 valence electrons. The van der Waals surface area contributed by atoms with Gasteiger partial charge in [0.1, 0.15) is 4.90 Å². The fourth-order valence-corrected chi connectivity index (χ4v) is 8.72. The molecule has 0 radical (unpaired) electrons. The Morgan fingerprint density at radius 1 is 0.974 bits per heavy atom. The van der Waals surface area contributed by atoms with Crippen molar-refractivity contribution in [1.29, 1.82) is 0 Å². The number of rotatable bonds is 5. The van der Waals surface area contributed by atoms with E-state index >= 15 is 0 Å². The quantitative estimate of drug-likeness (QED) is 0.429. The Hall–Kier alpha value is -2.65. The predicted molar refractivity (Wildman–Crippen MR) is 153 cm³/mol. The van der Waals surface area contributed by atoms with Crippen molar-refractivity contribution in [3.8, 4) is 0 Å². The van der Waals surface area contributed by atoms with Crippen molar-refractivity contribution < 1.29 is 13.2 Å². The number of hydrogen-bond acceptors (Lipinski definition) is 5. The second kappa shape index (κ2) is 10.4. The SMILES string of the molecule is O=C(c1ccc2c(c1)C(NS(=O)(=O)c1c(Cl)cccc1Cl)CC2)N1CCC2(CC1)CCN(c1ccncc1)C2. The van der Waals surface area contributed by atoms with Crippen molar-refractivity contribution in [2.75, 3.05) is 31.1 Å². The number of halogens is 2. The molecule has 2 fully saturated rings. The smallest absolute Gasteiger partial charge is 0.253 e. The van der Waals surface area contributed by atoms with E-state index in [1.165, 1.54) is 17.8 Å². The Balaban J connectivity index is 1.14. The monoisotopic (exact) mass is 584 g/mol. The van der Waals surface area contributed by atoms with Crippen LogP contribution in [0, 0.1) is 5.41 Å². The Morgan fingerprint density at radius 2 is 1.67 bits per heavy atom. The molecule has 1 amide bonds. The minimum Gasteiger partial charge on any atom is -0.371 e. The maximum atomic E-state index is 13.5. The van der Waals surface area contributed by atoms with Gasteiger partial charge in [0.05, 0.1) is 10.0 Å². The molecule has 1 aliphatic carbocycles. The lowest BCUT2D eigenvalue weighted by Gasteiger charge is -2.39. The summed E-state index contributed by atoms with van der Waals surface area (Å²) in [6.07, 6.45) is 8.09. The molecule has 2 saturated heterocycles. The molecule has 0 saturated carbocycles. The molecule has 3 heterocycles. The Bertz CT molecular complexity index is 1490. The standard InChI is InChI=1S/C29H30Cl2N4O3S/c30-24-2-1-3-25(31)27(24)39(37,38)33-26-7-6-20-4-5-21(18-23(20)26)28(36)34-15-10-29(11-16-34)12-17-35(19-29)22-8-13-32-14-9-22/h1-5,8-9,13-14,18,26,33H,6-7,10-12,15-17,19H2. The maximum absolute atomic E-state index is 13.5. The number of benzene rings is 2. The normalized spacial score (nSPS) is 20.4. The van der Waals surface area contributed by atoms with Crippen molar-refractivity contribution in [3.63, 3.8) is 0 Å². The van der Waals surface area contributed by atoms with Crippen LogP contribution >= 0.6 is 23.2 Å². The molecular formula is C29H30Cl2N4O3S. The average Bonchev–Trinajstić information content (AvgIpc) is 3.53. The number of fused-ring (bicyclic) bond motifs is 1. The summed E-state index contributed by atoms with van der Waals surface area (Å²) in [5, 5.41) is 0.150. The van der Waals surface area contributed by atoms with Gasteiger partial charge in [0, 0.05) is 55.9 Å². The molecule has 3 aromatic rings. The van der Waals surface area contributed by atoms with Gasteiger partial charge in [-0.25, -0.2) is 13.1 Å². The summed E-state index contributed by atoms with van der Waals surface area (Å²) in [4.78, 5) is 21.9. The van der Waals surface area contributed by atoms with E-state index in [-0.39, 0.29) is 26.3 Å². The van der Waals surface area contributed by atoms with Crippen molar-refractivity contribution in [3.05, 3.63) is 87.7 Å². The summed E-state index contributed by atoms with van der Waals surface area (Å²) in [6.45, 7) is 3.48. The number of hydrogen-bond donors (Lipinski definition) is 1. The first-order valence-electron chi connectivity index (χ1n) is 13.3. The first kappa shape index (κ1) is 26.6. The molecule has 2 aromatic carbocycles. The van der Waals surface area contributed by atoms with E-state index < -0.39 is 16.1 Å². The van der Waals surface area contributed by atoms with E-state index in [4.69, 9.17) is 23.2 Å². The molecule has 7 nitrogen and oxygen atoms in total. The van der Waals surface area contributed by atoms with E-state index in [2.05, 4.69) is 26.7 Å². The van der Waals surface area contributed by atoms with E-state index in [0.717, 1.165) is 63.0 Å². The largest absolute Gasteiger partial charge is 0.371 e. The molecule has 1 N–H and O–H groups in total. The van der Waals surface area contributed by atoms with Gasteiger partial charge in [-0.05, 0) is 85.0 Å². The zero-order chi connectivity index (χ0) is 27.2. The number of nitrogens with one attached hydrogen (secondary N) is 1. The third kappa shape index (κ3) is 5.15. The molecule has 1 unspecified atom stereocenters. The Morgan fingerprint density at radius 3 is 2.38 bits per heavy atom. The van der Waals surface area contributed by atoms with Gasteiger partial charge in [0.25, 0.3) is 5.91 Å². The molecule has 10 heteroatoms. The molecule has 1 spiro atoms. The van der Waals surface area contributed by atoms with Crippen molar-refractivity contribution in [2.24, 2.45) is 5.41 Å². The molecule has 39 heavy (non-hydrogen) atoms. The topological polar surface area (TPSA) is 82.6 Å². The summed E-state index contributed by atoms with van der Waals surface area (Å²) in [7, 11) is -3.96. The molecular weight excluding hydrogens is 555 g/mol. The molecule has 2 aliphatic heterocycles. The number of anilines is 1. The van der Waals surface area contributed by atoms with Gasteiger partial charge in [0.2, 0.25) is 10.0 Å². The fraction of sp³-hybridized carbons (Fsp3) is 0.379. The highest BCUT2D eigenvalue weighted by atomic mass is 35.5. The van der Waals surface area contributed by atoms with Crippen LogP contribution in [0.2, 0.25) is 10.0 Å². The summed E-state index contributed by atoms with van der Waals surface area (Å²) in [5.74, 6) is -0.000655. The van der Waals surface area contributed by atoms with E-state index in [1.54, 1.807) is 6.07 Å². The lowest BCUT2D eigenvalue weighted by Crippen LogP contribution is -2.44. The van der Waals surface area contributed by atoms with Crippen LogP contribution < -0.4 is 9.62 Å². The number of carbonyl (C=O) groups excluding carboxylic acids is 1. The molecule has 6 rings (SSSR count). The zero-order valence-corrected chi connectivity index (χ0v) is 23.8. The lowest BCUT2D eigenvalue weighted by atomic mass is 9.77. The third-order valence-corrected chi connectivity index (χ3v) is 11.0. The van der Waals surface area contributed by atoms with Crippen LogP contribution in [0.25, 0.3) is 0 Å². The van der Waals surface area contributed by atoms with Crippen LogP contribution in [-0.2, 0) is 16.4 Å². The van der Waals surface area contributed by atoms with Crippen LogP contribution in [0.3, 0.4) is 0 Å². The highest BCUT2D eigenvalue weighted by molar-refractivity contribution is 7.89. The summed E-state index contributed by atoms with van der Waals surface area (Å²) >= 11 is 12.4. The summed E-state index contributed by atoms with van der Waals surface area (Å²) in [5.41, 5.74) is 3.92. The van der Waals surface area contributed by atoms with Crippen molar-refractivity contribution in [2.45, 2.75) is 43.0 Å². The molecule has 0 bridgehead atoms. The van der Waals surface area contributed by atoms with Crippen molar-refractivity contribution >= 4 is 44.8 Å². The molecule has 3 aliphatic rings.